The Morgan fingerprint density at radius 2 is 2.15 bits per heavy atom. The lowest BCUT2D eigenvalue weighted by molar-refractivity contribution is 0.415. The number of anilines is 2. The highest BCUT2D eigenvalue weighted by Crippen LogP contribution is 2.33. The van der Waals surface area contributed by atoms with E-state index in [1.165, 1.54) is 11.3 Å². The van der Waals surface area contributed by atoms with Gasteiger partial charge in [-0.25, -0.2) is 4.98 Å². The third kappa shape index (κ3) is 2.59. The number of benzene rings is 1. The van der Waals surface area contributed by atoms with Crippen LogP contribution >= 0.6 is 38.9 Å². The highest BCUT2D eigenvalue weighted by atomic mass is 79.9. The summed E-state index contributed by atoms with van der Waals surface area (Å²) in [6, 6.07) is 7.64. The van der Waals surface area contributed by atoms with E-state index in [1.807, 2.05) is 29.6 Å². The van der Waals surface area contributed by atoms with Crippen molar-refractivity contribution in [3.05, 3.63) is 39.4 Å². The molecule has 0 bridgehead atoms. The van der Waals surface area contributed by atoms with Crippen molar-refractivity contribution in [1.82, 2.24) is 9.97 Å². The Balaban J connectivity index is 2.07. The molecule has 4 nitrogen and oxygen atoms in total. The summed E-state index contributed by atoms with van der Waals surface area (Å²) in [6.45, 7) is 0. The van der Waals surface area contributed by atoms with Crippen LogP contribution in [0.15, 0.2) is 34.1 Å². The van der Waals surface area contributed by atoms with Gasteiger partial charge in [0.1, 0.15) is 16.4 Å². The number of hydrogen-bond acceptors (Lipinski definition) is 5. The molecule has 0 spiro atoms. The van der Waals surface area contributed by atoms with Crippen molar-refractivity contribution >= 4 is 60.6 Å². The molecular formula is C13H9BrClN3OS. The zero-order valence-corrected chi connectivity index (χ0v) is 13.5. The molecule has 0 saturated heterocycles. The quantitative estimate of drug-likeness (QED) is 0.669. The highest BCUT2D eigenvalue weighted by Gasteiger charge is 2.10. The van der Waals surface area contributed by atoms with Crippen LogP contribution in [0.5, 0.6) is 5.75 Å². The maximum absolute atomic E-state index is 5.95. The second kappa shape index (κ2) is 5.55. The Morgan fingerprint density at radius 1 is 1.30 bits per heavy atom. The fourth-order valence-electron chi connectivity index (χ4n) is 1.78. The third-order valence-corrected chi connectivity index (χ3v) is 4.39. The van der Waals surface area contributed by atoms with Gasteiger partial charge >= 0.3 is 0 Å². The lowest BCUT2D eigenvalue weighted by Gasteiger charge is -2.10. The zero-order chi connectivity index (χ0) is 14.1. The molecule has 0 aliphatic carbocycles. The number of rotatable bonds is 3. The average Bonchev–Trinajstić information content (AvgIpc) is 2.89. The van der Waals surface area contributed by atoms with Gasteiger partial charge in [0, 0.05) is 10.5 Å². The van der Waals surface area contributed by atoms with Gasteiger partial charge in [-0.1, -0.05) is 0 Å². The minimum absolute atomic E-state index is 0.224. The standard InChI is InChI=1S/C13H9BrClN3OS/c1-19-7-2-3-9(14)10(6-7)16-11-8-4-5-20-12(8)18-13(15)17-11/h2-6H,1H3,(H,16,17,18). The number of halogens is 2. The van der Waals surface area contributed by atoms with Gasteiger partial charge in [0.25, 0.3) is 0 Å². The minimum atomic E-state index is 0.224. The van der Waals surface area contributed by atoms with Crippen LogP contribution in [-0.4, -0.2) is 17.1 Å². The van der Waals surface area contributed by atoms with Crippen LogP contribution in [0.25, 0.3) is 10.2 Å². The summed E-state index contributed by atoms with van der Waals surface area (Å²) in [5.41, 5.74) is 0.853. The van der Waals surface area contributed by atoms with Gasteiger partial charge in [-0.3, -0.25) is 0 Å². The fraction of sp³-hybridized carbons (Fsp3) is 0.0769. The van der Waals surface area contributed by atoms with Gasteiger partial charge in [-0.2, -0.15) is 4.98 Å². The van der Waals surface area contributed by atoms with Gasteiger partial charge in [-0.15, -0.1) is 11.3 Å². The second-order valence-corrected chi connectivity index (χ2v) is 6.04. The molecule has 7 heteroatoms. The predicted octanol–water partition coefficient (Wildman–Crippen LogP) is 4.86. The molecule has 0 amide bonds. The molecule has 3 rings (SSSR count). The van der Waals surface area contributed by atoms with Crippen molar-refractivity contribution in [2.45, 2.75) is 0 Å². The van der Waals surface area contributed by atoms with Gasteiger partial charge in [0.15, 0.2) is 0 Å². The average molecular weight is 371 g/mol. The third-order valence-electron chi connectivity index (χ3n) is 2.72. The highest BCUT2D eigenvalue weighted by molar-refractivity contribution is 9.10. The number of methoxy groups -OCH3 is 1. The van der Waals surface area contributed by atoms with Crippen molar-refractivity contribution in [2.75, 3.05) is 12.4 Å². The Hall–Kier alpha value is -1.37. The van der Waals surface area contributed by atoms with Gasteiger partial charge in [-0.05, 0) is 51.1 Å². The first kappa shape index (κ1) is 13.6. The van der Waals surface area contributed by atoms with Crippen molar-refractivity contribution in [2.24, 2.45) is 0 Å². The van der Waals surface area contributed by atoms with Crippen LogP contribution in [0.2, 0.25) is 5.28 Å². The lowest BCUT2D eigenvalue weighted by atomic mass is 10.3. The summed E-state index contributed by atoms with van der Waals surface area (Å²) in [6.07, 6.45) is 0. The van der Waals surface area contributed by atoms with Gasteiger partial charge in [0.2, 0.25) is 5.28 Å². The molecule has 2 heterocycles. The van der Waals surface area contributed by atoms with Crippen LogP contribution in [0.1, 0.15) is 0 Å². The smallest absolute Gasteiger partial charge is 0.225 e. The molecule has 0 atom stereocenters. The summed E-state index contributed by atoms with van der Waals surface area (Å²) >= 11 is 11.0. The van der Waals surface area contributed by atoms with E-state index in [9.17, 15) is 0 Å². The molecule has 0 saturated carbocycles. The maximum atomic E-state index is 5.95. The second-order valence-electron chi connectivity index (χ2n) is 3.95. The molecule has 102 valence electrons. The molecule has 0 fully saturated rings. The number of aromatic nitrogens is 2. The van der Waals surface area contributed by atoms with E-state index >= 15 is 0 Å². The Labute approximate surface area is 132 Å². The van der Waals surface area contributed by atoms with Crippen molar-refractivity contribution < 1.29 is 4.74 Å². The number of fused-ring (bicyclic) bond motifs is 1. The van der Waals surface area contributed by atoms with Crippen LogP contribution in [-0.2, 0) is 0 Å². The van der Waals surface area contributed by atoms with Crippen molar-refractivity contribution in [1.29, 1.82) is 0 Å². The first-order chi connectivity index (χ1) is 9.67. The number of nitrogens with one attached hydrogen (secondary N) is 1. The topological polar surface area (TPSA) is 47.0 Å². The maximum Gasteiger partial charge on any atom is 0.225 e. The molecule has 0 aliphatic rings. The van der Waals surface area contributed by atoms with Crippen LogP contribution in [0.4, 0.5) is 11.5 Å². The first-order valence-corrected chi connectivity index (χ1v) is 7.74. The number of nitrogens with zero attached hydrogens (tertiary/aromatic N) is 2. The van der Waals surface area contributed by atoms with E-state index in [-0.39, 0.29) is 5.28 Å². The summed E-state index contributed by atoms with van der Waals surface area (Å²) in [7, 11) is 1.63. The minimum Gasteiger partial charge on any atom is -0.497 e. The summed E-state index contributed by atoms with van der Waals surface area (Å²) in [5.74, 6) is 1.44. The molecule has 0 unspecified atom stereocenters. The molecule has 0 radical (unpaired) electrons. The Morgan fingerprint density at radius 3 is 2.95 bits per heavy atom. The fourth-order valence-corrected chi connectivity index (χ4v) is 3.11. The van der Waals surface area contributed by atoms with Gasteiger partial charge < -0.3 is 10.1 Å². The molecule has 20 heavy (non-hydrogen) atoms. The van der Waals surface area contributed by atoms with E-state index in [0.717, 1.165) is 26.1 Å². The predicted molar refractivity (Wildman–Crippen MR) is 86.4 cm³/mol. The molecule has 2 aromatic heterocycles. The lowest BCUT2D eigenvalue weighted by Crippen LogP contribution is -1.97. The molecule has 3 aromatic rings. The summed E-state index contributed by atoms with van der Waals surface area (Å²) in [4.78, 5) is 9.30. The Bertz CT molecular complexity index is 777. The molecule has 0 aliphatic heterocycles. The zero-order valence-electron chi connectivity index (χ0n) is 10.4. The largest absolute Gasteiger partial charge is 0.497 e. The van der Waals surface area contributed by atoms with Crippen LogP contribution in [0, 0.1) is 0 Å². The molecular weight excluding hydrogens is 362 g/mol. The van der Waals surface area contributed by atoms with E-state index in [2.05, 4.69) is 31.2 Å². The number of thiophene rings is 1. The van der Waals surface area contributed by atoms with Crippen LogP contribution in [0.3, 0.4) is 0 Å². The first-order valence-electron chi connectivity index (χ1n) is 5.68. The summed E-state index contributed by atoms with van der Waals surface area (Å²) < 4.78 is 6.14. The van der Waals surface area contributed by atoms with Crippen molar-refractivity contribution in [3.8, 4) is 5.75 Å². The SMILES string of the molecule is COc1ccc(Br)c(Nc2nc(Cl)nc3sccc23)c1. The molecule has 1 N–H and O–H groups in total. The normalized spacial score (nSPS) is 10.8. The van der Waals surface area contributed by atoms with E-state index in [1.54, 1.807) is 7.11 Å². The van der Waals surface area contributed by atoms with E-state index in [0.29, 0.717) is 5.82 Å². The van der Waals surface area contributed by atoms with E-state index in [4.69, 9.17) is 16.3 Å². The van der Waals surface area contributed by atoms with E-state index < -0.39 is 0 Å². The number of hydrogen-bond donors (Lipinski definition) is 1. The monoisotopic (exact) mass is 369 g/mol. The summed E-state index contributed by atoms with van der Waals surface area (Å²) in [5, 5.41) is 6.38. The Kier molecular flexibility index (Phi) is 3.78. The number of ether oxygens (including phenoxy) is 1. The van der Waals surface area contributed by atoms with Crippen molar-refractivity contribution in [3.63, 3.8) is 0 Å². The molecule has 1 aromatic carbocycles. The van der Waals surface area contributed by atoms with Gasteiger partial charge in [0.05, 0.1) is 18.2 Å². The van der Waals surface area contributed by atoms with Crippen LogP contribution < -0.4 is 10.1 Å².